The Kier molecular flexibility index (Phi) is 2.47. The molecule has 0 N–H and O–H groups in total. The molecular formula is C10H9S2. The largest absolute Gasteiger partial charge is 0.118 e. The van der Waals surface area contributed by atoms with E-state index in [2.05, 4.69) is 36.6 Å². The van der Waals surface area contributed by atoms with Gasteiger partial charge < -0.3 is 0 Å². The third-order valence-corrected chi connectivity index (χ3v) is 3.85. The van der Waals surface area contributed by atoms with Crippen LogP contribution in [0.25, 0.3) is 0 Å². The van der Waals surface area contributed by atoms with Crippen molar-refractivity contribution in [3.05, 3.63) is 46.4 Å². The smallest absolute Gasteiger partial charge is 0.0413 e. The van der Waals surface area contributed by atoms with Crippen molar-refractivity contribution in [2.24, 2.45) is 0 Å². The molecule has 1 aliphatic heterocycles. The van der Waals surface area contributed by atoms with E-state index in [0.29, 0.717) is 0 Å². The molecule has 0 aliphatic carbocycles. The minimum atomic E-state index is 1.06. The molecule has 0 aromatic heterocycles. The fraction of sp³-hybridized carbons (Fsp3) is 0.100. The van der Waals surface area contributed by atoms with Gasteiger partial charge in [-0.2, -0.15) is 0 Å². The molecule has 61 valence electrons. The number of benzene rings is 1. The van der Waals surface area contributed by atoms with Crippen molar-refractivity contribution in [3.8, 4) is 0 Å². The summed E-state index contributed by atoms with van der Waals surface area (Å²) in [5.74, 6) is 0. The first kappa shape index (κ1) is 8.27. The van der Waals surface area contributed by atoms with Crippen LogP contribution in [-0.2, 0) is 6.42 Å². The summed E-state index contributed by atoms with van der Waals surface area (Å²) < 4.78 is 1.31. The molecule has 2 rings (SSSR count). The van der Waals surface area contributed by atoms with Gasteiger partial charge in [-0.25, -0.2) is 0 Å². The van der Waals surface area contributed by atoms with Crippen molar-refractivity contribution in [2.75, 3.05) is 0 Å². The van der Waals surface area contributed by atoms with Gasteiger partial charge in [-0.1, -0.05) is 36.0 Å². The van der Waals surface area contributed by atoms with Gasteiger partial charge in [0.2, 0.25) is 0 Å². The first-order valence-electron chi connectivity index (χ1n) is 3.78. The number of thioether (sulfide) groups is 2. The molecule has 0 unspecified atom stereocenters. The molecule has 0 saturated carbocycles. The number of hydrogen-bond donors (Lipinski definition) is 0. The lowest BCUT2D eigenvalue weighted by Crippen LogP contribution is -1.90. The van der Waals surface area contributed by atoms with Crippen molar-refractivity contribution < 1.29 is 0 Å². The van der Waals surface area contributed by atoms with Crippen LogP contribution in [0.1, 0.15) is 5.56 Å². The van der Waals surface area contributed by atoms with Gasteiger partial charge in [0.15, 0.2) is 0 Å². The van der Waals surface area contributed by atoms with E-state index in [9.17, 15) is 0 Å². The van der Waals surface area contributed by atoms with Gasteiger partial charge in [0, 0.05) is 15.4 Å². The molecule has 0 saturated heterocycles. The van der Waals surface area contributed by atoms with Gasteiger partial charge in [0.1, 0.15) is 0 Å². The molecule has 1 heterocycles. The molecule has 0 fully saturated rings. The van der Waals surface area contributed by atoms with Gasteiger partial charge in [-0.3, -0.25) is 0 Å². The quantitative estimate of drug-likeness (QED) is 0.667. The maximum atomic E-state index is 3.81. The predicted octanol–water partition coefficient (Wildman–Crippen LogP) is 3.70. The van der Waals surface area contributed by atoms with E-state index in [1.807, 2.05) is 11.8 Å². The Bertz CT molecular complexity index is 315. The van der Waals surface area contributed by atoms with E-state index in [-0.39, 0.29) is 0 Å². The third-order valence-electron chi connectivity index (χ3n) is 1.81. The van der Waals surface area contributed by atoms with Crippen molar-refractivity contribution in [3.63, 3.8) is 0 Å². The number of fused-ring (bicyclic) bond motifs is 1. The number of allylic oxidation sites excluding steroid dienone is 1. The first-order chi connectivity index (χ1) is 5.90. The van der Waals surface area contributed by atoms with Gasteiger partial charge in [-0.05, 0) is 18.1 Å². The topological polar surface area (TPSA) is 0 Å². The van der Waals surface area contributed by atoms with E-state index < -0.39 is 0 Å². The summed E-state index contributed by atoms with van der Waals surface area (Å²) in [6, 6.07) is 8.53. The zero-order chi connectivity index (χ0) is 8.39. The summed E-state index contributed by atoms with van der Waals surface area (Å²) in [4.78, 5) is 1.38. The second-order valence-electron chi connectivity index (χ2n) is 2.58. The Hall–Kier alpha value is -0.340. The molecule has 0 atom stereocenters. The third kappa shape index (κ3) is 1.54. The van der Waals surface area contributed by atoms with Crippen LogP contribution in [0.3, 0.4) is 0 Å². The Morgan fingerprint density at radius 2 is 2.17 bits per heavy atom. The van der Waals surface area contributed by atoms with Gasteiger partial charge in [0.05, 0.1) is 0 Å². The SMILES string of the molecule is [CH2]SC1=CCc2ccccc2S1. The highest BCUT2D eigenvalue weighted by atomic mass is 32.2. The molecule has 0 bridgehead atoms. The van der Waals surface area contributed by atoms with Gasteiger partial charge >= 0.3 is 0 Å². The predicted molar refractivity (Wildman–Crippen MR) is 57.0 cm³/mol. The monoisotopic (exact) mass is 193 g/mol. The summed E-state index contributed by atoms with van der Waals surface area (Å²) >= 11 is 3.40. The zero-order valence-corrected chi connectivity index (χ0v) is 8.25. The Balaban J connectivity index is 2.31. The summed E-state index contributed by atoms with van der Waals surface area (Å²) in [7, 11) is 0. The van der Waals surface area contributed by atoms with Crippen LogP contribution in [0.2, 0.25) is 0 Å². The summed E-state index contributed by atoms with van der Waals surface area (Å²) in [6.45, 7) is 0. The van der Waals surface area contributed by atoms with E-state index in [4.69, 9.17) is 0 Å². The van der Waals surface area contributed by atoms with Crippen LogP contribution in [0.5, 0.6) is 0 Å². The van der Waals surface area contributed by atoms with Crippen LogP contribution in [0.15, 0.2) is 39.5 Å². The van der Waals surface area contributed by atoms with Crippen LogP contribution in [0, 0.1) is 6.26 Å². The van der Waals surface area contributed by atoms with Crippen molar-refractivity contribution >= 4 is 23.5 Å². The molecule has 1 aromatic rings. The minimum Gasteiger partial charge on any atom is -0.118 e. The fourth-order valence-corrected chi connectivity index (χ4v) is 2.72. The highest BCUT2D eigenvalue weighted by Gasteiger charge is 2.09. The standard InChI is InChI=1S/C10H9S2/c1-11-10-7-6-8-4-2-3-5-9(8)12-10/h2-5,7H,1,6H2. The number of hydrogen-bond acceptors (Lipinski definition) is 2. The van der Waals surface area contributed by atoms with Gasteiger partial charge in [-0.15, -0.1) is 11.8 Å². The lowest BCUT2D eigenvalue weighted by Gasteiger charge is -2.13. The van der Waals surface area contributed by atoms with E-state index in [1.54, 1.807) is 11.8 Å². The first-order valence-corrected chi connectivity index (χ1v) is 5.58. The Morgan fingerprint density at radius 3 is 3.00 bits per heavy atom. The van der Waals surface area contributed by atoms with E-state index >= 15 is 0 Å². The Labute approximate surface area is 81.4 Å². The summed E-state index contributed by atoms with van der Waals surface area (Å²) in [6.07, 6.45) is 7.11. The lowest BCUT2D eigenvalue weighted by atomic mass is 10.1. The lowest BCUT2D eigenvalue weighted by molar-refractivity contribution is 1.17. The maximum Gasteiger partial charge on any atom is 0.0413 e. The average Bonchev–Trinajstić information content (AvgIpc) is 2.17. The fourth-order valence-electron chi connectivity index (χ4n) is 1.20. The molecule has 2 heteroatoms. The second-order valence-corrected chi connectivity index (χ2v) is 4.65. The van der Waals surface area contributed by atoms with Crippen LogP contribution in [0.4, 0.5) is 0 Å². The second kappa shape index (κ2) is 3.58. The normalized spacial score (nSPS) is 15.2. The molecule has 1 aromatic carbocycles. The van der Waals surface area contributed by atoms with Crippen molar-refractivity contribution in [1.29, 1.82) is 0 Å². The molecule has 0 nitrogen and oxygen atoms in total. The molecule has 0 amide bonds. The highest BCUT2D eigenvalue weighted by Crippen LogP contribution is 2.39. The van der Waals surface area contributed by atoms with Gasteiger partial charge in [0.25, 0.3) is 0 Å². The average molecular weight is 193 g/mol. The van der Waals surface area contributed by atoms with Crippen LogP contribution < -0.4 is 0 Å². The summed E-state index contributed by atoms with van der Waals surface area (Å²) in [5, 5.41) is 0. The molecule has 1 radical (unpaired) electrons. The zero-order valence-electron chi connectivity index (χ0n) is 6.62. The highest BCUT2D eigenvalue weighted by molar-refractivity contribution is 8.22. The molecular weight excluding hydrogens is 184 g/mol. The molecule has 12 heavy (non-hydrogen) atoms. The maximum absolute atomic E-state index is 3.81. The van der Waals surface area contributed by atoms with E-state index in [0.717, 1.165) is 6.42 Å². The molecule has 0 spiro atoms. The molecule has 1 aliphatic rings. The van der Waals surface area contributed by atoms with Crippen LogP contribution >= 0.6 is 23.5 Å². The van der Waals surface area contributed by atoms with Crippen molar-refractivity contribution in [1.82, 2.24) is 0 Å². The minimum absolute atomic E-state index is 1.06. The van der Waals surface area contributed by atoms with E-state index in [1.165, 1.54) is 14.7 Å². The van der Waals surface area contributed by atoms with Crippen LogP contribution in [-0.4, -0.2) is 0 Å². The van der Waals surface area contributed by atoms with Crippen molar-refractivity contribution in [2.45, 2.75) is 11.3 Å². The Morgan fingerprint density at radius 1 is 1.33 bits per heavy atom. The summed E-state index contributed by atoms with van der Waals surface area (Å²) in [5.41, 5.74) is 1.43. The number of rotatable bonds is 1.